The molecule has 0 saturated heterocycles. The molecule has 3 aromatic carbocycles. The Kier molecular flexibility index (Phi) is 8.61. The van der Waals surface area contributed by atoms with Gasteiger partial charge in [0.15, 0.2) is 11.5 Å². The van der Waals surface area contributed by atoms with Gasteiger partial charge < -0.3 is 14.8 Å². The minimum atomic E-state index is -4.04. The third-order valence-corrected chi connectivity index (χ3v) is 6.67. The monoisotopic (exact) mass is 486 g/mol. The Hall–Kier alpha value is -3.43. The highest BCUT2D eigenvalue weighted by Gasteiger charge is 2.26. The van der Waals surface area contributed by atoms with Crippen molar-refractivity contribution in [1.82, 2.24) is 10.0 Å². The molecule has 0 spiro atoms. The summed E-state index contributed by atoms with van der Waals surface area (Å²) in [6.45, 7) is 0.290. The molecule has 3 rings (SSSR count). The number of hydrogen-bond acceptors (Lipinski definition) is 5. The predicted octanol–water partition coefficient (Wildman–Crippen LogP) is 3.09. The molecule has 0 aliphatic carbocycles. The Labute approximate surface area is 199 Å². The van der Waals surface area contributed by atoms with Crippen LogP contribution in [-0.4, -0.2) is 41.1 Å². The SMILES string of the molecule is COc1ccc(CCNC(=O)[C@H](Cc2ccccc2)NS(=O)(=O)c2ccc(F)cc2)cc1OC. The zero-order valence-electron chi connectivity index (χ0n) is 19.0. The number of hydrogen-bond donors (Lipinski definition) is 2. The topological polar surface area (TPSA) is 93.7 Å². The van der Waals surface area contributed by atoms with Gasteiger partial charge in [-0.2, -0.15) is 4.72 Å². The van der Waals surface area contributed by atoms with E-state index in [0.29, 0.717) is 17.9 Å². The zero-order valence-corrected chi connectivity index (χ0v) is 19.8. The number of amides is 1. The van der Waals surface area contributed by atoms with Gasteiger partial charge in [-0.3, -0.25) is 4.79 Å². The maximum atomic E-state index is 13.2. The number of nitrogens with one attached hydrogen (secondary N) is 2. The van der Waals surface area contributed by atoms with Crippen LogP contribution in [0.1, 0.15) is 11.1 Å². The van der Waals surface area contributed by atoms with Crippen molar-refractivity contribution in [3.8, 4) is 11.5 Å². The number of sulfonamides is 1. The van der Waals surface area contributed by atoms with E-state index < -0.39 is 27.8 Å². The average Bonchev–Trinajstić information content (AvgIpc) is 2.84. The molecule has 3 aromatic rings. The quantitative estimate of drug-likeness (QED) is 0.435. The predicted molar refractivity (Wildman–Crippen MR) is 127 cm³/mol. The lowest BCUT2D eigenvalue weighted by Gasteiger charge is -2.19. The summed E-state index contributed by atoms with van der Waals surface area (Å²) in [5, 5.41) is 2.80. The van der Waals surface area contributed by atoms with Crippen LogP contribution in [0.3, 0.4) is 0 Å². The Morgan fingerprint density at radius 1 is 0.912 bits per heavy atom. The number of ether oxygens (including phenoxy) is 2. The molecule has 1 atom stereocenters. The van der Waals surface area contributed by atoms with Crippen molar-refractivity contribution in [2.24, 2.45) is 0 Å². The van der Waals surface area contributed by atoms with Gasteiger partial charge in [0.05, 0.1) is 19.1 Å². The molecule has 0 fully saturated rings. The molecular formula is C25H27FN2O5S. The standard InChI is InChI=1S/C25H27FN2O5S/c1-32-23-13-8-19(17-24(23)33-2)14-15-27-25(29)22(16-18-6-4-3-5-7-18)28-34(30,31)21-11-9-20(26)10-12-21/h3-13,17,22,28H,14-16H2,1-2H3,(H,27,29)/t22-/m0/s1. The smallest absolute Gasteiger partial charge is 0.241 e. The van der Waals surface area contributed by atoms with E-state index in [1.165, 1.54) is 0 Å². The Morgan fingerprint density at radius 2 is 1.59 bits per heavy atom. The summed E-state index contributed by atoms with van der Waals surface area (Å²) in [5.74, 6) is 0.177. The first-order chi connectivity index (χ1) is 16.3. The molecule has 0 aliphatic heterocycles. The van der Waals surface area contributed by atoms with Crippen molar-refractivity contribution >= 4 is 15.9 Å². The largest absolute Gasteiger partial charge is 0.493 e. The highest BCUT2D eigenvalue weighted by atomic mass is 32.2. The molecule has 7 nitrogen and oxygen atoms in total. The molecule has 1 amide bonds. The molecule has 0 saturated carbocycles. The van der Waals surface area contributed by atoms with Crippen molar-refractivity contribution in [2.45, 2.75) is 23.8 Å². The second-order valence-electron chi connectivity index (χ2n) is 7.55. The van der Waals surface area contributed by atoms with Crippen LogP contribution >= 0.6 is 0 Å². The third-order valence-electron chi connectivity index (χ3n) is 5.18. The number of halogens is 1. The maximum absolute atomic E-state index is 13.2. The van der Waals surface area contributed by atoms with Gasteiger partial charge in [0.2, 0.25) is 15.9 Å². The third kappa shape index (κ3) is 6.79. The lowest BCUT2D eigenvalue weighted by Crippen LogP contribution is -2.48. The molecule has 0 aromatic heterocycles. The van der Waals surface area contributed by atoms with Crippen LogP contribution < -0.4 is 19.5 Å². The van der Waals surface area contributed by atoms with E-state index in [9.17, 15) is 17.6 Å². The van der Waals surface area contributed by atoms with Gasteiger partial charge in [0.1, 0.15) is 11.9 Å². The van der Waals surface area contributed by atoms with E-state index in [4.69, 9.17) is 9.47 Å². The first kappa shape index (κ1) is 25.2. The molecule has 2 N–H and O–H groups in total. The summed E-state index contributed by atoms with van der Waals surface area (Å²) in [7, 11) is -0.944. The van der Waals surface area contributed by atoms with E-state index in [1.807, 2.05) is 42.5 Å². The van der Waals surface area contributed by atoms with Crippen molar-refractivity contribution in [1.29, 1.82) is 0 Å². The van der Waals surface area contributed by atoms with Gasteiger partial charge in [-0.05, 0) is 60.4 Å². The lowest BCUT2D eigenvalue weighted by molar-refractivity contribution is -0.122. The molecule has 34 heavy (non-hydrogen) atoms. The van der Waals surface area contributed by atoms with Gasteiger partial charge in [-0.25, -0.2) is 12.8 Å². The minimum Gasteiger partial charge on any atom is -0.493 e. The van der Waals surface area contributed by atoms with Crippen molar-refractivity contribution in [2.75, 3.05) is 20.8 Å². The number of methoxy groups -OCH3 is 2. The lowest BCUT2D eigenvalue weighted by atomic mass is 10.1. The van der Waals surface area contributed by atoms with Gasteiger partial charge in [0.25, 0.3) is 0 Å². The maximum Gasteiger partial charge on any atom is 0.241 e. The summed E-state index contributed by atoms with van der Waals surface area (Å²) in [6, 6.07) is 18.0. The van der Waals surface area contributed by atoms with Gasteiger partial charge in [-0.1, -0.05) is 36.4 Å². The van der Waals surface area contributed by atoms with Crippen LogP contribution in [0, 0.1) is 5.82 Å². The highest BCUT2D eigenvalue weighted by Crippen LogP contribution is 2.27. The zero-order chi connectivity index (χ0) is 24.6. The number of benzene rings is 3. The molecule has 0 radical (unpaired) electrons. The van der Waals surface area contributed by atoms with Crippen LogP contribution in [0.2, 0.25) is 0 Å². The molecular weight excluding hydrogens is 459 g/mol. The Morgan fingerprint density at radius 3 is 2.24 bits per heavy atom. The van der Waals surface area contributed by atoms with Crippen LogP contribution in [0.15, 0.2) is 77.7 Å². The fraction of sp³-hybridized carbons (Fsp3) is 0.240. The number of rotatable bonds is 11. The normalized spacial score (nSPS) is 12.1. The fourth-order valence-electron chi connectivity index (χ4n) is 3.40. The molecule has 0 bridgehead atoms. The molecule has 0 unspecified atom stereocenters. The average molecular weight is 487 g/mol. The molecule has 0 aliphatic rings. The summed E-state index contributed by atoms with van der Waals surface area (Å²) in [6.07, 6.45) is 0.665. The number of carbonyl (C=O) groups excluding carboxylic acids is 1. The number of carbonyl (C=O) groups is 1. The van der Waals surface area contributed by atoms with Crippen molar-refractivity contribution in [3.63, 3.8) is 0 Å². The Balaban J connectivity index is 1.71. The second kappa shape index (κ2) is 11.6. The summed E-state index contributed by atoms with van der Waals surface area (Å²) >= 11 is 0. The minimum absolute atomic E-state index is 0.120. The first-order valence-corrected chi connectivity index (χ1v) is 12.1. The van der Waals surface area contributed by atoms with Crippen molar-refractivity contribution < 1.29 is 27.1 Å². The van der Waals surface area contributed by atoms with Crippen LogP contribution in [-0.2, 0) is 27.7 Å². The first-order valence-electron chi connectivity index (χ1n) is 10.6. The summed E-state index contributed by atoms with van der Waals surface area (Å²) in [4.78, 5) is 12.9. The summed E-state index contributed by atoms with van der Waals surface area (Å²) < 4.78 is 51.9. The van der Waals surface area contributed by atoms with Gasteiger partial charge in [0, 0.05) is 6.54 Å². The second-order valence-corrected chi connectivity index (χ2v) is 9.26. The van der Waals surface area contributed by atoms with Gasteiger partial charge in [-0.15, -0.1) is 0 Å². The summed E-state index contributed by atoms with van der Waals surface area (Å²) in [5.41, 5.74) is 1.72. The van der Waals surface area contributed by atoms with Crippen LogP contribution in [0.25, 0.3) is 0 Å². The van der Waals surface area contributed by atoms with E-state index in [0.717, 1.165) is 35.4 Å². The highest BCUT2D eigenvalue weighted by molar-refractivity contribution is 7.89. The van der Waals surface area contributed by atoms with Crippen molar-refractivity contribution in [3.05, 3.63) is 89.7 Å². The van der Waals surface area contributed by atoms with E-state index in [1.54, 1.807) is 20.3 Å². The van der Waals surface area contributed by atoms with Crippen LogP contribution in [0.4, 0.5) is 4.39 Å². The van der Waals surface area contributed by atoms with Crippen LogP contribution in [0.5, 0.6) is 11.5 Å². The molecule has 9 heteroatoms. The Bertz CT molecular complexity index is 1200. The van der Waals surface area contributed by atoms with E-state index in [2.05, 4.69) is 10.0 Å². The fourth-order valence-corrected chi connectivity index (χ4v) is 4.59. The molecule has 180 valence electrons. The van der Waals surface area contributed by atoms with E-state index >= 15 is 0 Å². The van der Waals surface area contributed by atoms with Gasteiger partial charge >= 0.3 is 0 Å². The molecule has 0 heterocycles. The van der Waals surface area contributed by atoms with E-state index in [-0.39, 0.29) is 17.9 Å².